The maximum Gasteiger partial charge on any atom is 0.254 e. The minimum Gasteiger partial charge on any atom is -0.465 e. The molecule has 8 heteroatoms. The summed E-state index contributed by atoms with van der Waals surface area (Å²) in [5.74, 6) is 1.83. The number of likely N-dealkylation sites (tertiary alicyclic amines) is 1. The lowest BCUT2D eigenvalue weighted by molar-refractivity contribution is 0.0697. The second-order valence-electron chi connectivity index (χ2n) is 6.47. The van der Waals surface area contributed by atoms with Gasteiger partial charge in [0.25, 0.3) is 5.91 Å². The van der Waals surface area contributed by atoms with Crippen LogP contribution in [0.1, 0.15) is 41.6 Å². The molecule has 0 unspecified atom stereocenters. The number of piperidine rings is 1. The van der Waals surface area contributed by atoms with Crippen molar-refractivity contribution < 1.29 is 17.6 Å². The largest absolute Gasteiger partial charge is 0.465 e. The molecule has 0 saturated carbocycles. The highest BCUT2D eigenvalue weighted by atomic mass is 32.2. The molecule has 1 N–H and O–H groups in total. The SMILES string of the molecule is Cc1ccc(CNS(=O)(=O)c2cc(C(=O)N3CCC(C)CC3)cs2)o1. The molecule has 1 saturated heterocycles. The lowest BCUT2D eigenvalue weighted by Gasteiger charge is -2.30. The van der Waals surface area contributed by atoms with Crippen LogP contribution in [0.15, 0.2) is 32.2 Å². The van der Waals surface area contributed by atoms with Crippen molar-refractivity contribution in [1.29, 1.82) is 0 Å². The van der Waals surface area contributed by atoms with E-state index in [-0.39, 0.29) is 16.7 Å². The van der Waals surface area contributed by atoms with E-state index >= 15 is 0 Å². The number of rotatable bonds is 5. The van der Waals surface area contributed by atoms with Crippen LogP contribution in [-0.4, -0.2) is 32.3 Å². The molecule has 1 fully saturated rings. The molecule has 136 valence electrons. The lowest BCUT2D eigenvalue weighted by atomic mass is 9.99. The normalized spacial score (nSPS) is 16.3. The van der Waals surface area contributed by atoms with Gasteiger partial charge in [0.05, 0.1) is 12.1 Å². The van der Waals surface area contributed by atoms with Crippen LogP contribution in [0.25, 0.3) is 0 Å². The van der Waals surface area contributed by atoms with E-state index in [1.54, 1.807) is 29.3 Å². The molecule has 0 aliphatic carbocycles. The van der Waals surface area contributed by atoms with Gasteiger partial charge in [0.2, 0.25) is 10.0 Å². The van der Waals surface area contributed by atoms with Gasteiger partial charge in [0.1, 0.15) is 15.7 Å². The number of thiophene rings is 1. The molecule has 0 radical (unpaired) electrons. The van der Waals surface area contributed by atoms with Gasteiger partial charge in [-0.15, -0.1) is 11.3 Å². The van der Waals surface area contributed by atoms with Crippen molar-refractivity contribution in [1.82, 2.24) is 9.62 Å². The Morgan fingerprint density at radius 3 is 2.72 bits per heavy atom. The Labute approximate surface area is 151 Å². The number of carbonyl (C=O) groups excluding carboxylic acids is 1. The van der Waals surface area contributed by atoms with Gasteiger partial charge in [-0.3, -0.25) is 4.79 Å². The zero-order chi connectivity index (χ0) is 18.0. The number of furan rings is 1. The topological polar surface area (TPSA) is 79.6 Å². The molecular formula is C17H22N2O4S2. The van der Waals surface area contributed by atoms with Gasteiger partial charge in [0.15, 0.2) is 0 Å². The number of aryl methyl sites for hydroxylation is 1. The van der Waals surface area contributed by atoms with Crippen LogP contribution < -0.4 is 4.72 Å². The van der Waals surface area contributed by atoms with E-state index in [9.17, 15) is 13.2 Å². The summed E-state index contributed by atoms with van der Waals surface area (Å²) >= 11 is 1.06. The summed E-state index contributed by atoms with van der Waals surface area (Å²) in [5, 5.41) is 1.62. The van der Waals surface area contributed by atoms with Crippen LogP contribution in [0, 0.1) is 12.8 Å². The summed E-state index contributed by atoms with van der Waals surface area (Å²) in [6.07, 6.45) is 1.98. The van der Waals surface area contributed by atoms with Gasteiger partial charge < -0.3 is 9.32 Å². The van der Waals surface area contributed by atoms with Crippen molar-refractivity contribution in [2.45, 2.75) is 37.4 Å². The molecular weight excluding hydrogens is 360 g/mol. The third kappa shape index (κ3) is 4.31. The van der Waals surface area contributed by atoms with Crippen molar-refractivity contribution >= 4 is 27.3 Å². The first kappa shape index (κ1) is 18.2. The maximum atomic E-state index is 12.5. The summed E-state index contributed by atoms with van der Waals surface area (Å²) in [5.41, 5.74) is 0.439. The summed E-state index contributed by atoms with van der Waals surface area (Å²) < 4.78 is 32.8. The predicted molar refractivity (Wildman–Crippen MR) is 96.1 cm³/mol. The molecule has 2 aromatic heterocycles. The van der Waals surface area contributed by atoms with Crippen molar-refractivity contribution in [2.75, 3.05) is 13.1 Å². The number of carbonyl (C=O) groups is 1. The van der Waals surface area contributed by atoms with E-state index in [4.69, 9.17) is 4.42 Å². The van der Waals surface area contributed by atoms with Crippen LogP contribution in [-0.2, 0) is 16.6 Å². The molecule has 0 atom stereocenters. The van der Waals surface area contributed by atoms with Crippen molar-refractivity contribution in [3.05, 3.63) is 40.7 Å². The van der Waals surface area contributed by atoms with Gasteiger partial charge in [-0.05, 0) is 43.9 Å². The Kier molecular flexibility index (Phi) is 5.31. The smallest absolute Gasteiger partial charge is 0.254 e. The van der Waals surface area contributed by atoms with Crippen molar-refractivity contribution in [2.24, 2.45) is 5.92 Å². The monoisotopic (exact) mass is 382 g/mol. The molecule has 1 aliphatic rings. The fourth-order valence-electron chi connectivity index (χ4n) is 2.78. The minimum atomic E-state index is -3.66. The third-order valence-electron chi connectivity index (χ3n) is 4.39. The molecule has 3 rings (SSSR count). The highest BCUT2D eigenvalue weighted by Gasteiger charge is 2.24. The minimum absolute atomic E-state index is 0.0847. The van der Waals surface area contributed by atoms with E-state index < -0.39 is 10.0 Å². The van der Waals surface area contributed by atoms with Gasteiger partial charge in [-0.2, -0.15) is 0 Å². The second kappa shape index (κ2) is 7.31. The molecule has 2 aromatic rings. The molecule has 0 bridgehead atoms. The van der Waals surface area contributed by atoms with E-state index in [0.29, 0.717) is 17.2 Å². The van der Waals surface area contributed by atoms with Gasteiger partial charge >= 0.3 is 0 Å². The molecule has 3 heterocycles. The zero-order valence-corrected chi connectivity index (χ0v) is 16.0. The number of hydrogen-bond donors (Lipinski definition) is 1. The quantitative estimate of drug-likeness (QED) is 0.862. The average Bonchev–Trinajstić information content (AvgIpc) is 3.23. The highest BCUT2D eigenvalue weighted by Crippen LogP contribution is 2.24. The third-order valence-corrected chi connectivity index (χ3v) is 7.23. The van der Waals surface area contributed by atoms with Crippen molar-refractivity contribution in [3.63, 3.8) is 0 Å². The van der Waals surface area contributed by atoms with Gasteiger partial charge in [0, 0.05) is 18.5 Å². The second-order valence-corrected chi connectivity index (χ2v) is 9.37. The van der Waals surface area contributed by atoms with E-state index in [0.717, 1.165) is 43.0 Å². The van der Waals surface area contributed by atoms with Gasteiger partial charge in [-0.25, -0.2) is 13.1 Å². The van der Waals surface area contributed by atoms with E-state index in [1.165, 1.54) is 6.07 Å². The first-order chi connectivity index (χ1) is 11.8. The van der Waals surface area contributed by atoms with Crippen LogP contribution in [0.2, 0.25) is 0 Å². The number of sulfonamides is 1. The standard InChI is InChI=1S/C17H22N2O4S2/c1-12-5-7-19(8-6-12)17(20)14-9-16(24-11-14)25(21,22)18-10-15-4-3-13(2)23-15/h3-4,9,11-12,18H,5-8,10H2,1-2H3. The van der Waals surface area contributed by atoms with E-state index in [2.05, 4.69) is 11.6 Å². The summed E-state index contributed by atoms with van der Waals surface area (Å²) in [6.45, 7) is 5.53. The Morgan fingerprint density at radius 2 is 2.08 bits per heavy atom. The number of amides is 1. The maximum absolute atomic E-state index is 12.5. The number of nitrogens with one attached hydrogen (secondary N) is 1. The molecule has 1 amide bonds. The Bertz CT molecular complexity index is 846. The Hall–Kier alpha value is -1.64. The van der Waals surface area contributed by atoms with Gasteiger partial charge in [-0.1, -0.05) is 6.92 Å². The molecule has 25 heavy (non-hydrogen) atoms. The molecule has 1 aliphatic heterocycles. The van der Waals surface area contributed by atoms with E-state index in [1.807, 2.05) is 0 Å². The average molecular weight is 383 g/mol. The Balaban J connectivity index is 1.66. The van der Waals surface area contributed by atoms with Crippen LogP contribution >= 0.6 is 11.3 Å². The zero-order valence-electron chi connectivity index (χ0n) is 14.3. The fraction of sp³-hybridized carbons (Fsp3) is 0.471. The first-order valence-corrected chi connectivity index (χ1v) is 10.6. The number of nitrogens with zero attached hydrogens (tertiary/aromatic N) is 1. The van der Waals surface area contributed by atoms with Crippen molar-refractivity contribution in [3.8, 4) is 0 Å². The van der Waals surface area contributed by atoms with Crippen LogP contribution in [0.4, 0.5) is 0 Å². The Morgan fingerprint density at radius 1 is 1.36 bits per heavy atom. The first-order valence-electron chi connectivity index (χ1n) is 8.28. The predicted octanol–water partition coefficient (Wildman–Crippen LogP) is 3.00. The summed E-state index contributed by atoms with van der Waals surface area (Å²) in [6, 6.07) is 4.98. The summed E-state index contributed by atoms with van der Waals surface area (Å²) in [7, 11) is -3.66. The van der Waals surface area contributed by atoms with Crippen LogP contribution in [0.5, 0.6) is 0 Å². The fourth-order valence-corrected chi connectivity index (χ4v) is 4.97. The molecule has 0 aromatic carbocycles. The highest BCUT2D eigenvalue weighted by molar-refractivity contribution is 7.91. The summed E-state index contributed by atoms with van der Waals surface area (Å²) in [4.78, 5) is 14.3. The van der Waals surface area contributed by atoms with Crippen LogP contribution in [0.3, 0.4) is 0 Å². The lowest BCUT2D eigenvalue weighted by Crippen LogP contribution is -2.37. The number of hydrogen-bond acceptors (Lipinski definition) is 5. The molecule has 6 nitrogen and oxygen atoms in total. The molecule has 0 spiro atoms.